The van der Waals surface area contributed by atoms with Crippen LogP contribution in [0.1, 0.15) is 35.6 Å². The van der Waals surface area contributed by atoms with Crippen molar-refractivity contribution in [2.24, 2.45) is 5.73 Å². The number of carbonyl (C=O) groups excluding carboxylic acids is 1. The van der Waals surface area contributed by atoms with Gasteiger partial charge in [0.05, 0.1) is 22.0 Å². The van der Waals surface area contributed by atoms with Gasteiger partial charge in [-0.2, -0.15) is 0 Å². The minimum absolute atomic E-state index is 0.0570. The number of benzene rings is 1. The van der Waals surface area contributed by atoms with Gasteiger partial charge >= 0.3 is 0 Å². The molecule has 0 saturated heterocycles. The number of nitrogens with one attached hydrogen (secondary N) is 1. The number of amides is 1. The van der Waals surface area contributed by atoms with Crippen LogP contribution in [-0.4, -0.2) is 44.0 Å². The van der Waals surface area contributed by atoms with E-state index in [1.807, 2.05) is 6.20 Å². The van der Waals surface area contributed by atoms with Crippen LogP contribution in [-0.2, 0) is 12.1 Å². The first-order chi connectivity index (χ1) is 17.2. The minimum Gasteiger partial charge on any atom is -0.386 e. The van der Waals surface area contributed by atoms with Crippen molar-refractivity contribution in [1.29, 1.82) is 0 Å². The quantitative estimate of drug-likeness (QED) is 0.289. The average molecular weight is 544 g/mol. The number of hydrogen-bond donors (Lipinski definition) is 3. The van der Waals surface area contributed by atoms with Gasteiger partial charge in [-0.15, -0.1) is 16.4 Å². The summed E-state index contributed by atoms with van der Waals surface area (Å²) >= 11 is 0.956. The molecule has 3 heterocycles. The lowest BCUT2D eigenvalue weighted by Gasteiger charge is -2.18. The Bertz CT molecular complexity index is 1450. The number of nitrogens with two attached hydrogens (primary N) is 1. The number of thiophene rings is 1. The Kier molecular flexibility index (Phi) is 6.97. The van der Waals surface area contributed by atoms with Gasteiger partial charge in [0.25, 0.3) is 5.91 Å². The van der Waals surface area contributed by atoms with Crippen LogP contribution in [0.3, 0.4) is 0 Å². The molecule has 0 bridgehead atoms. The summed E-state index contributed by atoms with van der Waals surface area (Å²) < 4.78 is 31.5. The zero-order chi connectivity index (χ0) is 27.1. The summed E-state index contributed by atoms with van der Waals surface area (Å²) in [5.41, 5.74) is 3.95. The van der Waals surface area contributed by atoms with E-state index in [1.54, 1.807) is 16.9 Å². The zero-order valence-electron chi connectivity index (χ0n) is 21.0. The third-order valence-corrected chi connectivity index (χ3v) is 8.38. The van der Waals surface area contributed by atoms with Gasteiger partial charge in [-0.3, -0.25) is 4.79 Å². The molecule has 0 aliphatic carbocycles. The number of nitrogens with zero attached hydrogens (tertiary/aromatic N) is 5. The number of primary amides is 1. The molecule has 13 heteroatoms. The van der Waals surface area contributed by atoms with E-state index in [9.17, 15) is 18.7 Å². The Balaban J connectivity index is 1.63. The van der Waals surface area contributed by atoms with E-state index in [-0.39, 0.29) is 33.1 Å². The van der Waals surface area contributed by atoms with Crippen molar-refractivity contribution in [2.45, 2.75) is 45.6 Å². The molecule has 1 aromatic carbocycles. The fraction of sp³-hybridized carbons (Fsp3) is 0.292. The average Bonchev–Trinajstić information content (AvgIpc) is 3.40. The van der Waals surface area contributed by atoms with Gasteiger partial charge in [-0.1, -0.05) is 24.9 Å². The Morgan fingerprint density at radius 3 is 2.46 bits per heavy atom. The molecule has 4 N–H and O–H groups in total. The van der Waals surface area contributed by atoms with Gasteiger partial charge in [-0.05, 0) is 43.7 Å². The minimum atomic E-state index is -1.61. The topological polar surface area (TPSA) is 132 Å². The summed E-state index contributed by atoms with van der Waals surface area (Å²) in [7, 11) is -1.61. The highest BCUT2D eigenvalue weighted by Gasteiger charge is 2.25. The van der Waals surface area contributed by atoms with Gasteiger partial charge in [-0.25, -0.2) is 23.4 Å². The molecule has 0 saturated carbocycles. The molecule has 194 valence electrons. The maximum absolute atomic E-state index is 14.9. The molecule has 0 fully saturated rings. The third-order valence-electron chi connectivity index (χ3n) is 5.55. The van der Waals surface area contributed by atoms with Crippen molar-refractivity contribution in [3.05, 3.63) is 65.2 Å². The molecule has 9 nitrogen and oxygen atoms in total. The van der Waals surface area contributed by atoms with E-state index in [1.165, 1.54) is 19.9 Å². The fourth-order valence-electron chi connectivity index (χ4n) is 3.48. The Labute approximate surface area is 217 Å². The molecule has 3 aromatic heterocycles. The largest absolute Gasteiger partial charge is 0.386 e. The second-order valence-electron chi connectivity index (χ2n) is 10.1. The first-order valence-corrected chi connectivity index (χ1v) is 15.7. The Morgan fingerprint density at radius 2 is 1.89 bits per heavy atom. The van der Waals surface area contributed by atoms with Crippen LogP contribution in [0.15, 0.2) is 36.7 Å². The van der Waals surface area contributed by atoms with E-state index >= 15 is 0 Å². The van der Waals surface area contributed by atoms with Crippen LogP contribution in [0.25, 0.3) is 10.4 Å². The van der Waals surface area contributed by atoms with Crippen LogP contribution in [0.5, 0.6) is 0 Å². The fourth-order valence-corrected chi connectivity index (χ4v) is 5.48. The molecule has 37 heavy (non-hydrogen) atoms. The molecule has 0 radical (unpaired) electrons. The summed E-state index contributed by atoms with van der Waals surface area (Å²) in [4.78, 5) is 21.0. The molecule has 0 unspecified atom stereocenters. The van der Waals surface area contributed by atoms with E-state index in [4.69, 9.17) is 5.73 Å². The highest BCUT2D eigenvalue weighted by Crippen LogP contribution is 2.40. The summed E-state index contributed by atoms with van der Waals surface area (Å²) in [6.45, 7) is 9.68. The number of aromatic nitrogens is 5. The van der Waals surface area contributed by atoms with Gasteiger partial charge in [0, 0.05) is 17.3 Å². The lowest BCUT2D eigenvalue weighted by molar-refractivity contribution is 0.0778. The zero-order valence-corrected chi connectivity index (χ0v) is 22.8. The second kappa shape index (κ2) is 9.72. The van der Waals surface area contributed by atoms with Crippen molar-refractivity contribution in [3.8, 4) is 10.4 Å². The first kappa shape index (κ1) is 26.5. The number of halogens is 2. The maximum atomic E-state index is 14.9. The lowest BCUT2D eigenvalue weighted by atomic mass is 9.96. The molecule has 1 amide bonds. The summed E-state index contributed by atoms with van der Waals surface area (Å²) in [6, 6.07) is 5.07. The van der Waals surface area contributed by atoms with Crippen molar-refractivity contribution >= 4 is 41.5 Å². The van der Waals surface area contributed by atoms with Gasteiger partial charge in [0.15, 0.2) is 5.82 Å². The highest BCUT2D eigenvalue weighted by molar-refractivity contribution is 7.20. The van der Waals surface area contributed by atoms with Crippen LogP contribution < -0.4 is 16.4 Å². The van der Waals surface area contributed by atoms with Crippen LogP contribution >= 0.6 is 11.3 Å². The van der Waals surface area contributed by atoms with E-state index in [2.05, 4.69) is 45.2 Å². The monoisotopic (exact) mass is 543 g/mol. The van der Waals surface area contributed by atoms with Gasteiger partial charge < -0.3 is 16.2 Å². The van der Waals surface area contributed by atoms with Crippen molar-refractivity contribution in [3.63, 3.8) is 0 Å². The summed E-state index contributed by atoms with van der Waals surface area (Å²) in [6.07, 6.45) is 3.44. The predicted octanol–water partition coefficient (Wildman–Crippen LogP) is 3.74. The third kappa shape index (κ3) is 5.89. The molecule has 0 spiro atoms. The highest BCUT2D eigenvalue weighted by atomic mass is 32.1. The standard InChI is InChI=1S/C24H27F2N7O2SSi/c1-24(2,35)13-8-15(25)21(16(26)9-13)17-10-14(22(27)34)23(36-17)30-18-6-7-28-19(29-18)11-33-12-20(31-32-33)37(3,4)5/h6-10,12,35H,11H2,1-5H3,(H2,27,34)(H,28,29,30). The first-order valence-electron chi connectivity index (χ1n) is 11.4. The van der Waals surface area contributed by atoms with Crippen molar-refractivity contribution in [2.75, 3.05) is 5.32 Å². The predicted molar refractivity (Wildman–Crippen MR) is 141 cm³/mol. The second-order valence-corrected chi connectivity index (χ2v) is 16.2. The van der Waals surface area contributed by atoms with Crippen molar-refractivity contribution in [1.82, 2.24) is 25.0 Å². The molecular formula is C24H27F2N7O2SSi. The number of rotatable bonds is 8. The summed E-state index contributed by atoms with van der Waals surface area (Å²) in [5.74, 6) is -1.68. The lowest BCUT2D eigenvalue weighted by Crippen LogP contribution is -2.38. The molecule has 0 aliphatic heterocycles. The number of carbonyl (C=O) groups is 1. The SMILES string of the molecule is CC(C)(O)c1cc(F)c(-c2cc(C(N)=O)c(Nc3ccnc(Cn4cc([Si](C)(C)C)nn4)n3)s2)c(F)c1. The van der Waals surface area contributed by atoms with E-state index in [0.717, 1.165) is 28.8 Å². The molecule has 4 aromatic rings. The Hall–Kier alpha value is -3.55. The van der Waals surface area contributed by atoms with Crippen LogP contribution in [0.4, 0.5) is 19.6 Å². The van der Waals surface area contributed by atoms with Crippen LogP contribution in [0, 0.1) is 11.6 Å². The molecular weight excluding hydrogens is 516 g/mol. The normalized spacial score (nSPS) is 12.1. The van der Waals surface area contributed by atoms with Gasteiger partial charge in [0.2, 0.25) is 0 Å². The maximum Gasteiger partial charge on any atom is 0.251 e. The van der Waals surface area contributed by atoms with Crippen LogP contribution in [0.2, 0.25) is 19.6 Å². The number of anilines is 2. The van der Waals surface area contributed by atoms with Gasteiger partial charge in [0.1, 0.15) is 37.1 Å². The van der Waals surface area contributed by atoms with E-state index in [0.29, 0.717) is 11.6 Å². The summed E-state index contributed by atoms with van der Waals surface area (Å²) in [5, 5.41) is 22.8. The number of aliphatic hydroxyl groups is 1. The molecule has 4 rings (SSSR count). The Morgan fingerprint density at radius 1 is 1.22 bits per heavy atom. The smallest absolute Gasteiger partial charge is 0.251 e. The molecule has 0 aliphatic rings. The number of hydrogen-bond acceptors (Lipinski definition) is 8. The van der Waals surface area contributed by atoms with Crippen molar-refractivity contribution < 1.29 is 18.7 Å². The molecule has 0 atom stereocenters. The van der Waals surface area contributed by atoms with E-state index < -0.39 is 31.2 Å².